The number of benzene rings is 1. The molecule has 4 nitrogen and oxygen atoms in total. The third-order valence-corrected chi connectivity index (χ3v) is 4.90. The van der Waals surface area contributed by atoms with Crippen LogP contribution in [0.15, 0.2) is 24.3 Å². The zero-order valence-electron chi connectivity index (χ0n) is 13.7. The van der Waals surface area contributed by atoms with E-state index in [1.54, 1.807) is 22.5 Å². The van der Waals surface area contributed by atoms with E-state index in [1.807, 2.05) is 12.3 Å². The Hall–Kier alpha value is -1.40. The Balaban J connectivity index is 1.81. The molecule has 0 bridgehead atoms. The van der Waals surface area contributed by atoms with Gasteiger partial charge in [-0.1, -0.05) is 6.07 Å². The predicted octanol–water partition coefficient (Wildman–Crippen LogP) is 3.15. The van der Waals surface area contributed by atoms with Crippen LogP contribution in [0.2, 0.25) is 0 Å². The van der Waals surface area contributed by atoms with Crippen molar-refractivity contribution in [2.45, 2.75) is 25.0 Å². The fourth-order valence-electron chi connectivity index (χ4n) is 3.04. The number of nitrogens with zero attached hydrogens (tertiary/aromatic N) is 4. The zero-order valence-corrected chi connectivity index (χ0v) is 14.5. The molecule has 0 N–H and O–H groups in total. The molecule has 1 saturated heterocycles. The lowest BCUT2D eigenvalue weighted by molar-refractivity contribution is 0.217. The monoisotopic (exact) mass is 334 g/mol. The Morgan fingerprint density at radius 1 is 1.30 bits per heavy atom. The summed E-state index contributed by atoms with van der Waals surface area (Å²) in [6.45, 7) is 2.29. The SMILES string of the molecule is CSCc1nc(CC2CCN(C)CC2)nn1-c1cccc(F)c1. The number of hydrogen-bond acceptors (Lipinski definition) is 4. The van der Waals surface area contributed by atoms with Crippen LogP contribution in [0, 0.1) is 11.7 Å². The molecule has 1 aliphatic rings. The van der Waals surface area contributed by atoms with Crippen LogP contribution >= 0.6 is 11.8 Å². The third-order valence-electron chi connectivity index (χ3n) is 4.35. The zero-order chi connectivity index (χ0) is 16.2. The molecule has 6 heteroatoms. The number of halogens is 1. The average molecular weight is 334 g/mol. The Morgan fingerprint density at radius 3 is 2.78 bits per heavy atom. The Bertz CT molecular complexity index is 650. The summed E-state index contributed by atoms with van der Waals surface area (Å²) in [6.07, 6.45) is 5.35. The summed E-state index contributed by atoms with van der Waals surface area (Å²) in [5, 5.41) is 4.67. The number of likely N-dealkylation sites (tertiary alicyclic amines) is 1. The standard InChI is InChI=1S/C17H23FN4S/c1-21-8-6-13(7-9-21)10-16-19-17(12-23-2)22(20-16)15-5-3-4-14(18)11-15/h3-5,11,13H,6-10,12H2,1-2H3. The molecule has 1 aromatic carbocycles. The smallest absolute Gasteiger partial charge is 0.151 e. The summed E-state index contributed by atoms with van der Waals surface area (Å²) in [5.41, 5.74) is 0.746. The second kappa shape index (κ2) is 7.45. The number of aromatic nitrogens is 3. The second-order valence-corrected chi connectivity index (χ2v) is 7.09. The van der Waals surface area contributed by atoms with Gasteiger partial charge in [0.2, 0.25) is 0 Å². The van der Waals surface area contributed by atoms with Gasteiger partial charge in [-0.3, -0.25) is 0 Å². The Morgan fingerprint density at radius 2 is 2.09 bits per heavy atom. The summed E-state index contributed by atoms with van der Waals surface area (Å²) >= 11 is 1.70. The maximum Gasteiger partial charge on any atom is 0.151 e. The topological polar surface area (TPSA) is 34.0 Å². The van der Waals surface area contributed by atoms with Crippen LogP contribution in [0.3, 0.4) is 0 Å². The molecular weight excluding hydrogens is 311 g/mol. The molecule has 0 saturated carbocycles. The molecule has 2 heterocycles. The van der Waals surface area contributed by atoms with Crippen molar-refractivity contribution in [1.82, 2.24) is 19.7 Å². The van der Waals surface area contributed by atoms with Crippen molar-refractivity contribution in [3.8, 4) is 5.69 Å². The van der Waals surface area contributed by atoms with Crippen molar-refractivity contribution in [3.05, 3.63) is 41.7 Å². The molecule has 0 unspecified atom stereocenters. The molecule has 1 aliphatic heterocycles. The van der Waals surface area contributed by atoms with Crippen molar-refractivity contribution in [3.63, 3.8) is 0 Å². The van der Waals surface area contributed by atoms with Gasteiger partial charge in [0.1, 0.15) is 11.6 Å². The van der Waals surface area contributed by atoms with Crippen LogP contribution in [0.1, 0.15) is 24.5 Å². The van der Waals surface area contributed by atoms with Gasteiger partial charge in [-0.2, -0.15) is 16.9 Å². The van der Waals surface area contributed by atoms with E-state index < -0.39 is 0 Å². The highest BCUT2D eigenvalue weighted by atomic mass is 32.2. The van der Waals surface area contributed by atoms with E-state index in [0.29, 0.717) is 5.92 Å². The van der Waals surface area contributed by atoms with E-state index in [9.17, 15) is 4.39 Å². The first-order valence-corrected chi connectivity index (χ1v) is 9.43. The number of hydrogen-bond donors (Lipinski definition) is 0. The highest BCUT2D eigenvalue weighted by Gasteiger charge is 2.20. The fraction of sp³-hybridized carbons (Fsp3) is 0.529. The largest absolute Gasteiger partial charge is 0.306 e. The minimum Gasteiger partial charge on any atom is -0.306 e. The quantitative estimate of drug-likeness (QED) is 0.841. The van der Waals surface area contributed by atoms with Crippen molar-refractivity contribution in [1.29, 1.82) is 0 Å². The highest BCUT2D eigenvalue weighted by molar-refractivity contribution is 7.97. The first-order chi connectivity index (χ1) is 11.2. The maximum atomic E-state index is 13.5. The van der Waals surface area contributed by atoms with Gasteiger partial charge in [-0.05, 0) is 63.4 Å². The van der Waals surface area contributed by atoms with E-state index >= 15 is 0 Å². The van der Waals surface area contributed by atoms with Gasteiger partial charge in [0, 0.05) is 6.42 Å². The van der Waals surface area contributed by atoms with E-state index in [-0.39, 0.29) is 5.82 Å². The normalized spacial score (nSPS) is 16.8. The van der Waals surface area contributed by atoms with Crippen molar-refractivity contribution >= 4 is 11.8 Å². The molecule has 0 spiro atoms. The molecule has 23 heavy (non-hydrogen) atoms. The van der Waals surface area contributed by atoms with Crippen LogP contribution in [-0.4, -0.2) is 46.1 Å². The molecule has 0 atom stereocenters. The lowest BCUT2D eigenvalue weighted by atomic mass is 9.94. The van der Waals surface area contributed by atoms with Crippen LogP contribution in [0.4, 0.5) is 4.39 Å². The van der Waals surface area contributed by atoms with E-state index in [0.717, 1.165) is 42.6 Å². The van der Waals surface area contributed by atoms with Gasteiger partial charge in [0.15, 0.2) is 5.82 Å². The summed E-state index contributed by atoms with van der Waals surface area (Å²) < 4.78 is 15.3. The Labute approximate surface area is 141 Å². The fourth-order valence-corrected chi connectivity index (χ4v) is 3.48. The van der Waals surface area contributed by atoms with Crippen molar-refractivity contribution in [2.75, 3.05) is 26.4 Å². The predicted molar refractivity (Wildman–Crippen MR) is 92.5 cm³/mol. The second-order valence-electron chi connectivity index (χ2n) is 6.22. The van der Waals surface area contributed by atoms with Crippen molar-refractivity contribution < 1.29 is 4.39 Å². The molecule has 3 rings (SSSR count). The van der Waals surface area contributed by atoms with Gasteiger partial charge >= 0.3 is 0 Å². The van der Waals surface area contributed by atoms with E-state index in [1.165, 1.54) is 25.0 Å². The first-order valence-electron chi connectivity index (χ1n) is 8.04. The molecule has 2 aromatic rings. The number of rotatable bonds is 5. The molecular formula is C17H23FN4S. The van der Waals surface area contributed by atoms with E-state index in [2.05, 4.69) is 17.0 Å². The summed E-state index contributed by atoms with van der Waals surface area (Å²) in [5.74, 6) is 2.96. The van der Waals surface area contributed by atoms with Gasteiger partial charge in [0.25, 0.3) is 0 Å². The Kier molecular flexibility index (Phi) is 5.33. The van der Waals surface area contributed by atoms with Crippen LogP contribution in [0.25, 0.3) is 5.69 Å². The first kappa shape index (κ1) is 16.5. The van der Waals surface area contributed by atoms with Gasteiger partial charge in [-0.15, -0.1) is 0 Å². The van der Waals surface area contributed by atoms with E-state index in [4.69, 9.17) is 4.98 Å². The minimum absolute atomic E-state index is 0.245. The summed E-state index contributed by atoms with van der Waals surface area (Å²) in [7, 11) is 2.17. The lowest BCUT2D eigenvalue weighted by Gasteiger charge is -2.28. The molecule has 1 aromatic heterocycles. The molecule has 0 amide bonds. The molecule has 1 fully saturated rings. The van der Waals surface area contributed by atoms with Gasteiger partial charge in [-0.25, -0.2) is 14.1 Å². The molecule has 0 aliphatic carbocycles. The lowest BCUT2D eigenvalue weighted by Crippen LogP contribution is -2.31. The molecule has 124 valence electrons. The van der Waals surface area contributed by atoms with Crippen LogP contribution in [-0.2, 0) is 12.2 Å². The van der Waals surface area contributed by atoms with Crippen LogP contribution in [0.5, 0.6) is 0 Å². The summed E-state index contributed by atoms with van der Waals surface area (Å²) in [4.78, 5) is 7.08. The average Bonchev–Trinajstić information content (AvgIpc) is 2.93. The number of piperidine rings is 1. The van der Waals surface area contributed by atoms with Crippen LogP contribution < -0.4 is 0 Å². The third kappa shape index (κ3) is 4.12. The van der Waals surface area contributed by atoms with Crippen molar-refractivity contribution in [2.24, 2.45) is 5.92 Å². The molecule has 0 radical (unpaired) electrons. The highest BCUT2D eigenvalue weighted by Crippen LogP contribution is 2.21. The summed E-state index contributed by atoms with van der Waals surface area (Å²) in [6, 6.07) is 6.55. The number of thioether (sulfide) groups is 1. The van der Waals surface area contributed by atoms with Gasteiger partial charge in [0.05, 0.1) is 11.4 Å². The minimum atomic E-state index is -0.245. The maximum absolute atomic E-state index is 13.5. The van der Waals surface area contributed by atoms with Gasteiger partial charge < -0.3 is 4.90 Å².